The minimum atomic E-state index is -0.757. The summed E-state index contributed by atoms with van der Waals surface area (Å²) < 4.78 is 0. The number of hydrogen-bond donors (Lipinski definition) is 2. The van der Waals surface area contributed by atoms with Crippen molar-refractivity contribution in [1.82, 2.24) is 4.90 Å². The summed E-state index contributed by atoms with van der Waals surface area (Å²) in [5, 5.41) is 23.0. The summed E-state index contributed by atoms with van der Waals surface area (Å²) in [7, 11) is 3.08. The highest BCUT2D eigenvalue weighted by Gasteiger charge is 2.30. The van der Waals surface area contributed by atoms with Gasteiger partial charge in [0.1, 0.15) is 5.69 Å². The summed E-state index contributed by atoms with van der Waals surface area (Å²) in [6, 6.07) is 4.32. The first kappa shape index (κ1) is 15.9. The lowest BCUT2D eigenvalue weighted by molar-refractivity contribution is -0.384. The number of carbonyl (C=O) groups is 1. The van der Waals surface area contributed by atoms with Crippen molar-refractivity contribution in [2.24, 2.45) is 0 Å². The number of para-hydroxylation sites is 1. The molecule has 0 aliphatic rings. The molecule has 0 unspecified atom stereocenters. The molecule has 1 amide bonds. The third-order valence-electron chi connectivity index (χ3n) is 3.32. The van der Waals surface area contributed by atoms with E-state index >= 15 is 0 Å². The Morgan fingerprint density at radius 3 is 2.55 bits per heavy atom. The van der Waals surface area contributed by atoms with E-state index in [1.807, 2.05) is 0 Å². The van der Waals surface area contributed by atoms with E-state index in [0.29, 0.717) is 0 Å². The molecule has 0 heterocycles. The van der Waals surface area contributed by atoms with Crippen molar-refractivity contribution in [3.05, 3.63) is 33.9 Å². The van der Waals surface area contributed by atoms with Gasteiger partial charge in [0.05, 0.1) is 22.6 Å². The maximum atomic E-state index is 12.5. The van der Waals surface area contributed by atoms with Crippen LogP contribution in [0.15, 0.2) is 18.2 Å². The number of amides is 1. The Labute approximate surface area is 117 Å². The van der Waals surface area contributed by atoms with E-state index < -0.39 is 16.4 Å². The number of rotatable bonds is 5. The van der Waals surface area contributed by atoms with Crippen LogP contribution in [0, 0.1) is 10.1 Å². The first-order valence-electron chi connectivity index (χ1n) is 6.10. The molecule has 0 aliphatic carbocycles. The monoisotopic (exact) mass is 281 g/mol. The second kappa shape index (κ2) is 5.87. The van der Waals surface area contributed by atoms with Gasteiger partial charge in [0.2, 0.25) is 0 Å². The Hall–Kier alpha value is -2.15. The van der Waals surface area contributed by atoms with Gasteiger partial charge in [0, 0.05) is 20.2 Å². The van der Waals surface area contributed by atoms with Crippen LogP contribution in [-0.2, 0) is 0 Å². The van der Waals surface area contributed by atoms with Gasteiger partial charge in [-0.05, 0) is 19.9 Å². The third kappa shape index (κ3) is 2.88. The highest BCUT2D eigenvalue weighted by Crippen LogP contribution is 2.29. The van der Waals surface area contributed by atoms with Gasteiger partial charge in [0.25, 0.3) is 11.6 Å². The number of likely N-dealkylation sites (N-methyl/N-ethyl adjacent to an activating group) is 1. The van der Waals surface area contributed by atoms with Gasteiger partial charge >= 0.3 is 0 Å². The normalized spacial score (nSPS) is 11.1. The van der Waals surface area contributed by atoms with Crippen LogP contribution in [0.25, 0.3) is 0 Å². The molecule has 110 valence electrons. The molecule has 2 N–H and O–H groups in total. The average molecular weight is 281 g/mol. The van der Waals surface area contributed by atoms with Crippen molar-refractivity contribution >= 4 is 17.3 Å². The molecule has 7 heteroatoms. The molecule has 1 aromatic carbocycles. The van der Waals surface area contributed by atoms with E-state index in [-0.39, 0.29) is 23.5 Å². The predicted molar refractivity (Wildman–Crippen MR) is 75.9 cm³/mol. The molecule has 0 atom stereocenters. The third-order valence-corrected chi connectivity index (χ3v) is 3.32. The maximum Gasteiger partial charge on any atom is 0.293 e. The predicted octanol–water partition coefficient (Wildman–Crippen LogP) is 1.48. The molecule has 0 spiro atoms. The summed E-state index contributed by atoms with van der Waals surface area (Å²) in [6.07, 6.45) is 0. The molecular weight excluding hydrogens is 262 g/mol. The van der Waals surface area contributed by atoms with Crippen LogP contribution >= 0.6 is 0 Å². The number of anilines is 1. The van der Waals surface area contributed by atoms with Crippen LogP contribution in [0.4, 0.5) is 11.4 Å². The molecule has 0 aromatic heterocycles. The Balaban J connectivity index is 3.30. The minimum absolute atomic E-state index is 0.159. The Morgan fingerprint density at radius 2 is 2.10 bits per heavy atom. The van der Waals surface area contributed by atoms with Crippen molar-refractivity contribution in [3.63, 3.8) is 0 Å². The molecular formula is C13H19N3O4. The van der Waals surface area contributed by atoms with Crippen molar-refractivity contribution in [3.8, 4) is 0 Å². The summed E-state index contributed by atoms with van der Waals surface area (Å²) in [5.74, 6) is -0.392. The highest BCUT2D eigenvalue weighted by atomic mass is 16.6. The van der Waals surface area contributed by atoms with Gasteiger partial charge in [-0.25, -0.2) is 0 Å². The van der Waals surface area contributed by atoms with Gasteiger partial charge < -0.3 is 15.3 Å². The standard InChI is InChI=1S/C13H19N3O4/c1-13(2,8-17)15(4)12(18)9-6-5-7-10(16(19)20)11(9)14-3/h5-7,14,17H,8H2,1-4H3. The number of aliphatic hydroxyl groups excluding tert-OH is 1. The first-order chi connectivity index (χ1) is 9.26. The quantitative estimate of drug-likeness (QED) is 0.629. The summed E-state index contributed by atoms with van der Waals surface area (Å²) in [5.41, 5.74) is -0.547. The molecule has 0 radical (unpaired) electrons. The number of carbonyl (C=O) groups excluding carboxylic acids is 1. The van der Waals surface area contributed by atoms with Crippen LogP contribution < -0.4 is 5.32 Å². The van der Waals surface area contributed by atoms with Crippen LogP contribution in [-0.4, -0.2) is 47.1 Å². The molecule has 0 saturated heterocycles. The smallest absolute Gasteiger partial charge is 0.293 e. The zero-order valence-corrected chi connectivity index (χ0v) is 12.0. The average Bonchev–Trinajstić information content (AvgIpc) is 2.44. The number of hydrogen-bond acceptors (Lipinski definition) is 5. The zero-order valence-electron chi connectivity index (χ0n) is 12.0. The molecule has 0 bridgehead atoms. The van der Waals surface area contributed by atoms with E-state index in [2.05, 4.69) is 5.32 Å². The first-order valence-corrected chi connectivity index (χ1v) is 6.10. The Bertz CT molecular complexity index is 528. The van der Waals surface area contributed by atoms with E-state index in [0.717, 1.165) is 0 Å². The topological polar surface area (TPSA) is 95.7 Å². The minimum Gasteiger partial charge on any atom is -0.394 e. The number of nitrogens with zero attached hydrogens (tertiary/aromatic N) is 2. The van der Waals surface area contributed by atoms with E-state index in [1.54, 1.807) is 20.9 Å². The maximum absolute atomic E-state index is 12.5. The Kier molecular flexibility index (Phi) is 4.67. The summed E-state index contributed by atoms with van der Waals surface area (Å²) >= 11 is 0. The van der Waals surface area contributed by atoms with Crippen molar-refractivity contribution in [2.45, 2.75) is 19.4 Å². The Morgan fingerprint density at radius 1 is 1.50 bits per heavy atom. The van der Waals surface area contributed by atoms with E-state index in [9.17, 15) is 20.0 Å². The largest absolute Gasteiger partial charge is 0.394 e. The number of nitro benzene ring substituents is 1. The number of nitro groups is 1. The fourth-order valence-electron chi connectivity index (χ4n) is 1.69. The number of nitrogens with one attached hydrogen (secondary N) is 1. The van der Waals surface area contributed by atoms with E-state index in [4.69, 9.17) is 0 Å². The zero-order chi connectivity index (χ0) is 15.5. The fraction of sp³-hybridized carbons (Fsp3) is 0.462. The van der Waals surface area contributed by atoms with Gasteiger partial charge in [-0.15, -0.1) is 0 Å². The molecule has 1 aromatic rings. The summed E-state index contributed by atoms with van der Waals surface area (Å²) in [6.45, 7) is 3.21. The van der Waals surface area contributed by atoms with Gasteiger partial charge in [-0.1, -0.05) is 6.07 Å². The van der Waals surface area contributed by atoms with Gasteiger partial charge in [-0.2, -0.15) is 0 Å². The molecule has 1 rings (SSSR count). The van der Waals surface area contributed by atoms with Crippen LogP contribution in [0.3, 0.4) is 0 Å². The van der Waals surface area contributed by atoms with Gasteiger partial charge in [-0.3, -0.25) is 14.9 Å². The van der Waals surface area contributed by atoms with E-state index in [1.165, 1.54) is 30.1 Å². The van der Waals surface area contributed by atoms with Crippen LogP contribution in [0.1, 0.15) is 24.2 Å². The van der Waals surface area contributed by atoms with Crippen molar-refractivity contribution in [2.75, 3.05) is 26.0 Å². The van der Waals surface area contributed by atoms with Gasteiger partial charge in [0.15, 0.2) is 0 Å². The second-order valence-electron chi connectivity index (χ2n) is 5.04. The fourth-order valence-corrected chi connectivity index (χ4v) is 1.69. The second-order valence-corrected chi connectivity index (χ2v) is 5.04. The van der Waals surface area contributed by atoms with Crippen LogP contribution in [0.2, 0.25) is 0 Å². The number of benzene rings is 1. The van der Waals surface area contributed by atoms with Crippen molar-refractivity contribution in [1.29, 1.82) is 0 Å². The highest BCUT2D eigenvalue weighted by molar-refractivity contribution is 6.01. The number of aliphatic hydroxyl groups is 1. The lowest BCUT2D eigenvalue weighted by atomic mass is 10.0. The molecule has 0 fully saturated rings. The van der Waals surface area contributed by atoms with Crippen molar-refractivity contribution < 1.29 is 14.8 Å². The lowest BCUT2D eigenvalue weighted by Gasteiger charge is -2.34. The molecule has 0 aliphatic heterocycles. The summed E-state index contributed by atoms with van der Waals surface area (Å²) in [4.78, 5) is 24.3. The molecule has 7 nitrogen and oxygen atoms in total. The lowest BCUT2D eigenvalue weighted by Crippen LogP contribution is -2.47. The molecule has 20 heavy (non-hydrogen) atoms. The van der Waals surface area contributed by atoms with Crippen LogP contribution in [0.5, 0.6) is 0 Å². The molecule has 0 saturated carbocycles. The SMILES string of the molecule is CNc1c(C(=O)N(C)C(C)(C)CO)cccc1[N+](=O)[O-].